The van der Waals surface area contributed by atoms with Gasteiger partial charge in [0.25, 0.3) is 0 Å². The van der Waals surface area contributed by atoms with Gasteiger partial charge in [-0.3, -0.25) is 0 Å². The second kappa shape index (κ2) is 4.01. The van der Waals surface area contributed by atoms with E-state index in [0.29, 0.717) is 4.47 Å². The van der Waals surface area contributed by atoms with E-state index >= 15 is 0 Å². The van der Waals surface area contributed by atoms with Crippen LogP contribution < -0.4 is 5.73 Å². The van der Waals surface area contributed by atoms with E-state index in [1.807, 2.05) is 0 Å². The fourth-order valence-electron chi connectivity index (χ4n) is 1.52. The van der Waals surface area contributed by atoms with Gasteiger partial charge in [0, 0.05) is 17.6 Å². The molecule has 16 heavy (non-hydrogen) atoms. The highest BCUT2D eigenvalue weighted by Gasteiger charge is 2.35. The molecule has 1 aromatic rings. The highest BCUT2D eigenvalue weighted by atomic mass is 79.9. The molecule has 0 amide bonds. The maximum Gasteiger partial charge on any atom is 0.245 e. The molecule has 0 atom stereocenters. The number of halogens is 1. The van der Waals surface area contributed by atoms with Gasteiger partial charge in [0.2, 0.25) is 10.0 Å². The van der Waals surface area contributed by atoms with Crippen molar-refractivity contribution in [1.82, 2.24) is 4.31 Å². The number of benzene rings is 1. The normalized spacial score (nSPS) is 16.7. The van der Waals surface area contributed by atoms with E-state index in [-0.39, 0.29) is 16.6 Å². The van der Waals surface area contributed by atoms with E-state index in [1.165, 1.54) is 4.31 Å². The van der Waals surface area contributed by atoms with E-state index in [4.69, 9.17) is 5.73 Å². The van der Waals surface area contributed by atoms with Crippen molar-refractivity contribution < 1.29 is 8.42 Å². The molecule has 6 heteroatoms. The highest BCUT2D eigenvalue weighted by molar-refractivity contribution is 9.10. The molecule has 0 radical (unpaired) electrons. The lowest BCUT2D eigenvalue weighted by Crippen LogP contribution is -2.29. The Hall–Kier alpha value is -0.590. The van der Waals surface area contributed by atoms with Gasteiger partial charge in [-0.1, -0.05) is 15.9 Å². The van der Waals surface area contributed by atoms with Gasteiger partial charge >= 0.3 is 0 Å². The van der Waals surface area contributed by atoms with Crippen LogP contribution in [0.4, 0.5) is 5.69 Å². The average Bonchev–Trinajstić information content (AvgIpc) is 3.04. The van der Waals surface area contributed by atoms with Gasteiger partial charge in [-0.05, 0) is 31.0 Å². The van der Waals surface area contributed by atoms with Crippen LogP contribution in [0.1, 0.15) is 12.8 Å². The maximum atomic E-state index is 12.2. The zero-order valence-corrected chi connectivity index (χ0v) is 11.3. The fourth-order valence-corrected chi connectivity index (χ4v) is 3.59. The molecule has 2 rings (SSSR count). The van der Waals surface area contributed by atoms with Crippen molar-refractivity contribution >= 4 is 31.6 Å². The van der Waals surface area contributed by atoms with Crippen molar-refractivity contribution in [3.8, 4) is 0 Å². The van der Waals surface area contributed by atoms with Crippen molar-refractivity contribution in [3.05, 3.63) is 22.7 Å². The summed E-state index contributed by atoms with van der Waals surface area (Å²) in [6.45, 7) is 0. The first-order chi connectivity index (χ1) is 7.43. The van der Waals surface area contributed by atoms with E-state index in [0.717, 1.165) is 12.8 Å². The minimum Gasteiger partial charge on any atom is -0.398 e. The molecule has 0 bridgehead atoms. The Labute approximate surface area is 104 Å². The molecule has 1 aliphatic carbocycles. The van der Waals surface area contributed by atoms with Crippen LogP contribution in [0.2, 0.25) is 0 Å². The standard InChI is InChI=1S/C10H13BrN2O2S/c1-13(8-3-4-8)16(14,15)10-6-7(11)2-5-9(10)12/h2,5-6,8H,3-4,12H2,1H3. The zero-order chi connectivity index (χ0) is 11.9. The molecule has 1 aliphatic rings. The summed E-state index contributed by atoms with van der Waals surface area (Å²) in [5.41, 5.74) is 5.99. The molecule has 0 aromatic heterocycles. The Balaban J connectivity index is 2.45. The summed E-state index contributed by atoms with van der Waals surface area (Å²) in [6, 6.07) is 5.01. The van der Waals surface area contributed by atoms with Gasteiger partial charge in [0.15, 0.2) is 0 Å². The predicted octanol–water partition coefficient (Wildman–Crippen LogP) is 1.81. The molecular weight excluding hydrogens is 292 g/mol. The largest absolute Gasteiger partial charge is 0.398 e. The van der Waals surface area contributed by atoms with E-state index < -0.39 is 10.0 Å². The summed E-state index contributed by atoms with van der Waals surface area (Å²) >= 11 is 3.25. The number of hydrogen-bond donors (Lipinski definition) is 1. The van der Waals surface area contributed by atoms with Gasteiger partial charge in [0.1, 0.15) is 4.90 Å². The average molecular weight is 305 g/mol. The molecule has 4 nitrogen and oxygen atoms in total. The number of sulfonamides is 1. The molecule has 0 heterocycles. The lowest BCUT2D eigenvalue weighted by molar-refractivity contribution is 0.464. The van der Waals surface area contributed by atoms with E-state index in [2.05, 4.69) is 15.9 Å². The zero-order valence-electron chi connectivity index (χ0n) is 8.85. The minimum atomic E-state index is -3.45. The second-order valence-electron chi connectivity index (χ2n) is 3.93. The predicted molar refractivity (Wildman–Crippen MR) is 66.5 cm³/mol. The summed E-state index contributed by atoms with van der Waals surface area (Å²) in [7, 11) is -1.85. The van der Waals surface area contributed by atoms with E-state index in [9.17, 15) is 8.42 Å². The van der Waals surface area contributed by atoms with Crippen molar-refractivity contribution in [1.29, 1.82) is 0 Å². The van der Waals surface area contributed by atoms with Crippen LogP contribution in [-0.4, -0.2) is 25.8 Å². The Bertz CT molecular complexity index is 512. The second-order valence-corrected chi connectivity index (χ2v) is 6.82. The van der Waals surface area contributed by atoms with Crippen LogP contribution in [-0.2, 0) is 10.0 Å². The van der Waals surface area contributed by atoms with Gasteiger partial charge in [-0.2, -0.15) is 4.31 Å². The summed E-state index contributed by atoms with van der Waals surface area (Å²) in [6.07, 6.45) is 1.87. The quantitative estimate of drug-likeness (QED) is 0.866. The van der Waals surface area contributed by atoms with Crippen molar-refractivity contribution in [2.45, 2.75) is 23.8 Å². The van der Waals surface area contributed by atoms with Crippen molar-refractivity contribution in [2.24, 2.45) is 0 Å². The highest BCUT2D eigenvalue weighted by Crippen LogP contribution is 2.33. The SMILES string of the molecule is CN(C1CC1)S(=O)(=O)c1cc(Br)ccc1N. The third kappa shape index (κ3) is 2.09. The lowest BCUT2D eigenvalue weighted by Gasteiger charge is -2.17. The number of nitrogens with two attached hydrogens (primary N) is 1. The molecule has 0 saturated heterocycles. The molecular formula is C10H13BrN2O2S. The molecule has 1 saturated carbocycles. The Kier molecular flexibility index (Phi) is 2.98. The maximum absolute atomic E-state index is 12.2. The van der Waals surface area contributed by atoms with E-state index in [1.54, 1.807) is 25.2 Å². The molecule has 0 spiro atoms. The van der Waals surface area contributed by atoms with Crippen LogP contribution in [0.5, 0.6) is 0 Å². The van der Waals surface area contributed by atoms with Crippen LogP contribution in [0.3, 0.4) is 0 Å². The summed E-state index contributed by atoms with van der Waals surface area (Å²) in [5, 5.41) is 0. The van der Waals surface area contributed by atoms with Crippen LogP contribution >= 0.6 is 15.9 Å². The molecule has 1 aromatic carbocycles. The van der Waals surface area contributed by atoms with Crippen LogP contribution in [0, 0.1) is 0 Å². The first-order valence-electron chi connectivity index (χ1n) is 4.96. The molecule has 0 aliphatic heterocycles. The monoisotopic (exact) mass is 304 g/mol. The fraction of sp³-hybridized carbons (Fsp3) is 0.400. The number of nitrogen functional groups attached to an aromatic ring is 1. The Morgan fingerprint density at radius 3 is 2.62 bits per heavy atom. The molecule has 2 N–H and O–H groups in total. The first-order valence-corrected chi connectivity index (χ1v) is 7.19. The smallest absolute Gasteiger partial charge is 0.245 e. The number of nitrogens with zero attached hydrogens (tertiary/aromatic N) is 1. The van der Waals surface area contributed by atoms with Gasteiger partial charge in [-0.15, -0.1) is 0 Å². The summed E-state index contributed by atoms with van der Waals surface area (Å²) < 4.78 is 26.5. The number of rotatable bonds is 3. The minimum absolute atomic E-state index is 0.142. The Morgan fingerprint density at radius 2 is 2.06 bits per heavy atom. The third-order valence-electron chi connectivity index (χ3n) is 2.69. The summed E-state index contributed by atoms with van der Waals surface area (Å²) in [4.78, 5) is 0.177. The van der Waals surface area contributed by atoms with Crippen molar-refractivity contribution in [3.63, 3.8) is 0 Å². The topological polar surface area (TPSA) is 63.4 Å². The first kappa shape index (κ1) is 11.9. The molecule has 1 fully saturated rings. The van der Waals surface area contributed by atoms with Crippen molar-refractivity contribution in [2.75, 3.05) is 12.8 Å². The molecule has 88 valence electrons. The van der Waals surface area contributed by atoms with Gasteiger partial charge < -0.3 is 5.73 Å². The lowest BCUT2D eigenvalue weighted by atomic mass is 10.3. The van der Waals surface area contributed by atoms with Gasteiger partial charge in [-0.25, -0.2) is 8.42 Å². The third-order valence-corrected chi connectivity index (χ3v) is 5.15. The Morgan fingerprint density at radius 1 is 1.44 bits per heavy atom. The van der Waals surface area contributed by atoms with Crippen LogP contribution in [0.15, 0.2) is 27.6 Å². The van der Waals surface area contributed by atoms with Gasteiger partial charge in [0.05, 0.1) is 5.69 Å². The molecule has 0 unspecified atom stereocenters. The number of hydrogen-bond acceptors (Lipinski definition) is 3. The van der Waals surface area contributed by atoms with Crippen LogP contribution in [0.25, 0.3) is 0 Å². The number of anilines is 1. The summed E-state index contributed by atoms with van der Waals surface area (Å²) in [5.74, 6) is 0.